The first-order chi connectivity index (χ1) is 11.1. The minimum atomic E-state index is -0.478. The number of allylic oxidation sites excluding steroid dienone is 1. The number of fused-ring (bicyclic) bond motifs is 1. The van der Waals surface area contributed by atoms with E-state index in [9.17, 15) is 14.9 Å². The Morgan fingerprint density at radius 2 is 1.83 bits per heavy atom. The van der Waals surface area contributed by atoms with Gasteiger partial charge < -0.3 is 9.47 Å². The zero-order chi connectivity index (χ0) is 16.2. The van der Waals surface area contributed by atoms with Crippen LogP contribution in [0, 0.1) is 10.1 Å². The summed E-state index contributed by atoms with van der Waals surface area (Å²) in [4.78, 5) is 22.7. The Morgan fingerprint density at radius 1 is 1.09 bits per heavy atom. The molecule has 0 N–H and O–H groups in total. The lowest BCUT2D eigenvalue weighted by molar-refractivity contribution is -0.385. The van der Waals surface area contributed by atoms with Crippen LogP contribution in [0.15, 0.2) is 48.5 Å². The fourth-order valence-electron chi connectivity index (χ4n) is 2.25. The Hall–Kier alpha value is -3.15. The minimum Gasteiger partial charge on any atom is -0.486 e. The number of carbonyl (C=O) groups excluding carboxylic acids is 1. The van der Waals surface area contributed by atoms with Gasteiger partial charge in [0.2, 0.25) is 0 Å². The van der Waals surface area contributed by atoms with Crippen LogP contribution in [-0.4, -0.2) is 23.9 Å². The monoisotopic (exact) mass is 311 g/mol. The van der Waals surface area contributed by atoms with Gasteiger partial charge in [0.25, 0.3) is 5.69 Å². The van der Waals surface area contributed by atoms with E-state index in [0.29, 0.717) is 35.8 Å². The molecular formula is C17H13NO5. The van der Waals surface area contributed by atoms with E-state index in [1.54, 1.807) is 36.4 Å². The molecule has 1 aliphatic heterocycles. The third-order valence-electron chi connectivity index (χ3n) is 3.37. The van der Waals surface area contributed by atoms with Crippen molar-refractivity contribution in [1.82, 2.24) is 0 Å². The van der Waals surface area contributed by atoms with Gasteiger partial charge in [-0.05, 0) is 36.4 Å². The first kappa shape index (κ1) is 14.8. The molecule has 0 amide bonds. The van der Waals surface area contributed by atoms with E-state index >= 15 is 0 Å². The van der Waals surface area contributed by atoms with Crippen LogP contribution < -0.4 is 9.47 Å². The van der Waals surface area contributed by atoms with Crippen molar-refractivity contribution < 1.29 is 19.2 Å². The van der Waals surface area contributed by atoms with E-state index in [4.69, 9.17) is 9.47 Å². The highest BCUT2D eigenvalue weighted by Gasteiger charge is 2.14. The Kier molecular flexibility index (Phi) is 4.05. The van der Waals surface area contributed by atoms with Gasteiger partial charge in [-0.3, -0.25) is 14.9 Å². The lowest BCUT2D eigenvalue weighted by Crippen LogP contribution is -2.15. The summed E-state index contributed by atoms with van der Waals surface area (Å²) in [6, 6.07) is 11.2. The molecule has 0 radical (unpaired) electrons. The molecule has 6 heteroatoms. The number of rotatable bonds is 4. The maximum Gasteiger partial charge on any atom is 0.276 e. The maximum absolute atomic E-state index is 12.2. The standard InChI is InChI=1S/C17H13NO5/c19-15(7-5-12-3-1-2-4-14(12)18(20)21)13-6-8-16-17(11-13)23-10-9-22-16/h1-8,11H,9-10H2. The number of benzene rings is 2. The number of nitro benzene ring substituents is 1. The second kappa shape index (κ2) is 6.31. The molecule has 0 aromatic heterocycles. The molecule has 0 spiro atoms. The molecule has 3 rings (SSSR count). The lowest BCUT2D eigenvalue weighted by Gasteiger charge is -2.18. The largest absolute Gasteiger partial charge is 0.486 e. The number of para-hydroxylation sites is 1. The third-order valence-corrected chi connectivity index (χ3v) is 3.37. The summed E-state index contributed by atoms with van der Waals surface area (Å²) in [5, 5.41) is 11.0. The summed E-state index contributed by atoms with van der Waals surface area (Å²) >= 11 is 0. The molecule has 1 aliphatic rings. The second-order valence-electron chi connectivity index (χ2n) is 4.87. The first-order valence-corrected chi connectivity index (χ1v) is 7.00. The number of hydrogen-bond donors (Lipinski definition) is 0. The highest BCUT2D eigenvalue weighted by Crippen LogP contribution is 2.31. The van der Waals surface area contributed by atoms with Crippen LogP contribution in [0.3, 0.4) is 0 Å². The summed E-state index contributed by atoms with van der Waals surface area (Å²) in [7, 11) is 0. The van der Waals surface area contributed by atoms with Crippen molar-refractivity contribution in [2.24, 2.45) is 0 Å². The van der Waals surface area contributed by atoms with E-state index in [2.05, 4.69) is 0 Å². The summed E-state index contributed by atoms with van der Waals surface area (Å²) in [6.45, 7) is 0.925. The van der Waals surface area contributed by atoms with Crippen molar-refractivity contribution in [1.29, 1.82) is 0 Å². The number of ether oxygens (including phenoxy) is 2. The molecule has 0 fully saturated rings. The van der Waals surface area contributed by atoms with Crippen molar-refractivity contribution >= 4 is 17.5 Å². The van der Waals surface area contributed by atoms with Gasteiger partial charge in [-0.15, -0.1) is 0 Å². The van der Waals surface area contributed by atoms with E-state index in [0.717, 1.165) is 0 Å². The lowest BCUT2D eigenvalue weighted by atomic mass is 10.1. The van der Waals surface area contributed by atoms with Crippen LogP contribution in [0.25, 0.3) is 6.08 Å². The molecule has 0 unspecified atom stereocenters. The van der Waals surface area contributed by atoms with Crippen LogP contribution in [-0.2, 0) is 0 Å². The molecule has 0 saturated heterocycles. The summed E-state index contributed by atoms with van der Waals surface area (Å²) < 4.78 is 10.8. The van der Waals surface area contributed by atoms with Gasteiger partial charge in [0, 0.05) is 11.6 Å². The smallest absolute Gasteiger partial charge is 0.276 e. The van der Waals surface area contributed by atoms with E-state index in [1.807, 2.05) is 0 Å². The Balaban J connectivity index is 1.83. The second-order valence-corrected chi connectivity index (χ2v) is 4.87. The highest BCUT2D eigenvalue weighted by molar-refractivity contribution is 6.07. The number of hydrogen-bond acceptors (Lipinski definition) is 5. The molecule has 2 aromatic carbocycles. The van der Waals surface area contributed by atoms with E-state index in [1.165, 1.54) is 18.2 Å². The van der Waals surface area contributed by atoms with Gasteiger partial charge in [0.1, 0.15) is 13.2 Å². The fraction of sp³-hybridized carbons (Fsp3) is 0.118. The fourth-order valence-corrected chi connectivity index (χ4v) is 2.25. The zero-order valence-electron chi connectivity index (χ0n) is 12.1. The minimum absolute atomic E-state index is 0.0428. The van der Waals surface area contributed by atoms with Crippen molar-refractivity contribution in [3.63, 3.8) is 0 Å². The SMILES string of the molecule is O=C(C=Cc1ccccc1[N+](=O)[O-])c1ccc2c(c1)OCCO2. The summed E-state index contributed by atoms with van der Waals surface area (Å²) in [5.41, 5.74) is 0.770. The number of nitro groups is 1. The Morgan fingerprint density at radius 3 is 2.61 bits per heavy atom. The van der Waals surface area contributed by atoms with E-state index in [-0.39, 0.29) is 11.5 Å². The van der Waals surface area contributed by atoms with Crippen LogP contribution >= 0.6 is 0 Å². The quantitative estimate of drug-likeness (QED) is 0.375. The van der Waals surface area contributed by atoms with Crippen molar-refractivity contribution in [2.45, 2.75) is 0 Å². The topological polar surface area (TPSA) is 78.7 Å². The van der Waals surface area contributed by atoms with Gasteiger partial charge in [0.05, 0.1) is 10.5 Å². The zero-order valence-corrected chi connectivity index (χ0v) is 12.1. The Labute approximate surface area is 132 Å². The van der Waals surface area contributed by atoms with E-state index < -0.39 is 4.92 Å². The number of carbonyl (C=O) groups is 1. The molecule has 2 aromatic rings. The molecule has 6 nitrogen and oxygen atoms in total. The molecule has 1 heterocycles. The predicted molar refractivity (Wildman–Crippen MR) is 83.9 cm³/mol. The summed E-state index contributed by atoms with van der Waals surface area (Å²) in [6.07, 6.45) is 2.75. The summed E-state index contributed by atoms with van der Waals surface area (Å²) in [5.74, 6) is 0.872. The normalized spacial score (nSPS) is 13.0. The van der Waals surface area contributed by atoms with Crippen LogP contribution in [0.1, 0.15) is 15.9 Å². The average Bonchev–Trinajstić information content (AvgIpc) is 2.59. The van der Waals surface area contributed by atoms with Gasteiger partial charge >= 0.3 is 0 Å². The molecule has 116 valence electrons. The van der Waals surface area contributed by atoms with Gasteiger partial charge in [0.15, 0.2) is 17.3 Å². The highest BCUT2D eigenvalue weighted by atomic mass is 16.6. The van der Waals surface area contributed by atoms with Gasteiger partial charge in [-0.25, -0.2) is 0 Å². The number of ketones is 1. The van der Waals surface area contributed by atoms with Crippen molar-refractivity contribution in [3.05, 3.63) is 69.8 Å². The van der Waals surface area contributed by atoms with Crippen molar-refractivity contribution in [3.8, 4) is 11.5 Å². The predicted octanol–water partition coefficient (Wildman–Crippen LogP) is 3.26. The van der Waals surface area contributed by atoms with Crippen LogP contribution in [0.2, 0.25) is 0 Å². The van der Waals surface area contributed by atoms with Crippen LogP contribution in [0.5, 0.6) is 11.5 Å². The molecule has 0 bridgehead atoms. The molecule has 0 aliphatic carbocycles. The maximum atomic E-state index is 12.2. The molecule has 0 atom stereocenters. The van der Waals surface area contributed by atoms with Crippen LogP contribution in [0.4, 0.5) is 5.69 Å². The average molecular weight is 311 g/mol. The van der Waals surface area contributed by atoms with Crippen molar-refractivity contribution in [2.75, 3.05) is 13.2 Å². The first-order valence-electron chi connectivity index (χ1n) is 7.00. The van der Waals surface area contributed by atoms with Gasteiger partial charge in [-0.2, -0.15) is 0 Å². The Bertz CT molecular complexity index is 797. The number of nitrogens with zero attached hydrogens (tertiary/aromatic N) is 1. The molecular weight excluding hydrogens is 298 g/mol. The molecule has 0 saturated carbocycles. The van der Waals surface area contributed by atoms with Gasteiger partial charge in [-0.1, -0.05) is 12.1 Å². The molecule has 23 heavy (non-hydrogen) atoms. The third kappa shape index (κ3) is 3.21.